The van der Waals surface area contributed by atoms with Crippen molar-refractivity contribution >= 4 is 23.2 Å². The first-order chi connectivity index (χ1) is 17.6. The molecule has 2 N–H and O–H groups in total. The van der Waals surface area contributed by atoms with Crippen molar-refractivity contribution in [2.75, 3.05) is 19.2 Å². The lowest BCUT2D eigenvalue weighted by Gasteiger charge is -2.50. The Labute approximate surface area is 212 Å². The van der Waals surface area contributed by atoms with E-state index in [0.29, 0.717) is 24.3 Å². The van der Waals surface area contributed by atoms with Crippen LogP contribution < -0.4 is 15.8 Å². The SMILES string of the molecule is COC(=O)[C@]12C[C@H]1CCC21NC(=O)c2c(O)c(=O)c(-c3nnc(Cc4ccc(F)cc4F)s3)cn2N1C. The molecule has 1 aliphatic heterocycles. The average molecular weight is 530 g/mol. The molecule has 192 valence electrons. The molecule has 13 heteroatoms. The van der Waals surface area contributed by atoms with E-state index < -0.39 is 45.8 Å². The van der Waals surface area contributed by atoms with Gasteiger partial charge in [0.25, 0.3) is 5.91 Å². The molecule has 0 radical (unpaired) electrons. The summed E-state index contributed by atoms with van der Waals surface area (Å²) in [7, 11) is 2.98. The molecule has 3 aromatic rings. The van der Waals surface area contributed by atoms with Gasteiger partial charge in [0.1, 0.15) is 27.7 Å². The summed E-state index contributed by atoms with van der Waals surface area (Å²) in [5.74, 6) is -3.24. The highest BCUT2D eigenvalue weighted by Gasteiger charge is 2.79. The number of rotatable bonds is 4. The van der Waals surface area contributed by atoms with Crippen molar-refractivity contribution in [3.63, 3.8) is 0 Å². The molecule has 1 unspecified atom stereocenters. The van der Waals surface area contributed by atoms with Crippen LogP contribution in [0.4, 0.5) is 8.78 Å². The quantitative estimate of drug-likeness (QED) is 0.491. The van der Waals surface area contributed by atoms with Crippen LogP contribution in [0.5, 0.6) is 5.75 Å². The van der Waals surface area contributed by atoms with E-state index >= 15 is 0 Å². The molecular formula is C24H21F2N5O5S. The minimum absolute atomic E-state index is 0.0151. The Bertz CT molecular complexity index is 1560. The van der Waals surface area contributed by atoms with Gasteiger partial charge in [0, 0.05) is 25.7 Å². The minimum atomic E-state index is -1.10. The van der Waals surface area contributed by atoms with E-state index in [-0.39, 0.29) is 34.2 Å². The minimum Gasteiger partial charge on any atom is -0.502 e. The van der Waals surface area contributed by atoms with Crippen molar-refractivity contribution in [1.82, 2.24) is 20.2 Å². The number of pyridine rings is 1. The average Bonchev–Trinajstić information content (AvgIpc) is 3.29. The van der Waals surface area contributed by atoms with Crippen LogP contribution in [-0.2, 0) is 16.0 Å². The van der Waals surface area contributed by atoms with Crippen molar-refractivity contribution in [2.45, 2.75) is 31.3 Å². The molecule has 2 saturated carbocycles. The molecule has 3 atom stereocenters. The van der Waals surface area contributed by atoms with Crippen molar-refractivity contribution in [3.8, 4) is 16.3 Å². The van der Waals surface area contributed by atoms with E-state index in [1.165, 1.54) is 24.0 Å². The molecule has 10 nitrogen and oxygen atoms in total. The molecule has 2 aromatic heterocycles. The number of aromatic hydroxyl groups is 1. The second-order valence-electron chi connectivity index (χ2n) is 9.57. The molecule has 6 rings (SSSR count). The lowest BCUT2D eigenvalue weighted by atomic mass is 9.88. The Morgan fingerprint density at radius 3 is 2.81 bits per heavy atom. The fourth-order valence-electron chi connectivity index (χ4n) is 5.98. The first kappa shape index (κ1) is 23.5. The predicted molar refractivity (Wildman–Crippen MR) is 127 cm³/mol. The Morgan fingerprint density at radius 2 is 2.11 bits per heavy atom. The van der Waals surface area contributed by atoms with E-state index in [2.05, 4.69) is 15.5 Å². The molecule has 37 heavy (non-hydrogen) atoms. The summed E-state index contributed by atoms with van der Waals surface area (Å²) < 4.78 is 33.8. The van der Waals surface area contributed by atoms with Gasteiger partial charge in [-0.25, -0.2) is 8.78 Å². The van der Waals surface area contributed by atoms with Crippen molar-refractivity contribution in [1.29, 1.82) is 0 Å². The number of ether oxygens (including phenoxy) is 1. The number of hydrogen-bond donors (Lipinski definition) is 2. The third-order valence-electron chi connectivity index (χ3n) is 7.88. The van der Waals surface area contributed by atoms with E-state index in [1.807, 2.05) is 0 Å². The van der Waals surface area contributed by atoms with Gasteiger partial charge in [0.2, 0.25) is 5.43 Å². The number of carbonyl (C=O) groups excluding carboxylic acids is 2. The Hall–Kier alpha value is -3.87. The number of amides is 1. The number of esters is 1. The Balaban J connectivity index is 1.41. The van der Waals surface area contributed by atoms with Gasteiger partial charge >= 0.3 is 5.97 Å². The second kappa shape index (κ2) is 7.81. The number of benzene rings is 1. The molecule has 1 spiro atoms. The van der Waals surface area contributed by atoms with Gasteiger partial charge < -0.3 is 15.2 Å². The van der Waals surface area contributed by atoms with Crippen molar-refractivity contribution in [3.05, 3.63) is 62.5 Å². The number of fused-ring (bicyclic) bond motifs is 3. The highest BCUT2D eigenvalue weighted by molar-refractivity contribution is 7.14. The van der Waals surface area contributed by atoms with Crippen molar-refractivity contribution < 1.29 is 28.2 Å². The first-order valence-corrected chi connectivity index (χ1v) is 12.3. The molecule has 0 saturated heterocycles. The molecule has 1 aromatic carbocycles. The number of carbonyl (C=O) groups is 2. The molecule has 0 bridgehead atoms. The lowest BCUT2D eigenvalue weighted by molar-refractivity contribution is -0.151. The topological polar surface area (TPSA) is 127 Å². The third-order valence-corrected chi connectivity index (χ3v) is 8.83. The number of nitrogens with zero attached hydrogens (tertiary/aromatic N) is 4. The van der Waals surface area contributed by atoms with Gasteiger partial charge in [-0.05, 0) is 36.8 Å². The zero-order chi connectivity index (χ0) is 26.3. The Morgan fingerprint density at radius 1 is 1.32 bits per heavy atom. The van der Waals surface area contributed by atoms with Crippen LogP contribution in [0.15, 0.2) is 29.2 Å². The largest absolute Gasteiger partial charge is 0.502 e. The summed E-state index contributed by atoms with van der Waals surface area (Å²) in [6.07, 6.45) is 3.15. The Kier molecular flexibility index (Phi) is 4.97. The molecule has 1 amide bonds. The van der Waals surface area contributed by atoms with Crippen LogP contribution >= 0.6 is 11.3 Å². The second-order valence-corrected chi connectivity index (χ2v) is 10.6. The summed E-state index contributed by atoms with van der Waals surface area (Å²) in [5.41, 5.74) is -2.92. The monoisotopic (exact) mass is 529 g/mol. The number of halogens is 2. The predicted octanol–water partition coefficient (Wildman–Crippen LogP) is 1.92. The fourth-order valence-corrected chi connectivity index (χ4v) is 6.85. The summed E-state index contributed by atoms with van der Waals surface area (Å²) in [6, 6.07) is 3.22. The van der Waals surface area contributed by atoms with Gasteiger partial charge in [-0.1, -0.05) is 17.4 Å². The van der Waals surface area contributed by atoms with Gasteiger partial charge in [-0.15, -0.1) is 10.2 Å². The molecule has 2 fully saturated rings. The van der Waals surface area contributed by atoms with E-state index in [0.717, 1.165) is 23.5 Å². The van der Waals surface area contributed by atoms with Crippen LogP contribution in [0, 0.1) is 23.0 Å². The highest BCUT2D eigenvalue weighted by atomic mass is 32.1. The molecular weight excluding hydrogens is 508 g/mol. The van der Waals surface area contributed by atoms with E-state index in [9.17, 15) is 28.3 Å². The van der Waals surface area contributed by atoms with E-state index in [4.69, 9.17) is 4.74 Å². The molecule has 2 aliphatic carbocycles. The third kappa shape index (κ3) is 3.09. The number of aromatic nitrogens is 3. The number of hydrogen-bond acceptors (Lipinski definition) is 9. The lowest BCUT2D eigenvalue weighted by Crippen LogP contribution is -2.72. The van der Waals surface area contributed by atoms with Gasteiger partial charge in [-0.3, -0.25) is 24.1 Å². The van der Waals surface area contributed by atoms with Gasteiger partial charge in [0.15, 0.2) is 16.5 Å². The highest BCUT2D eigenvalue weighted by Crippen LogP contribution is 2.69. The van der Waals surface area contributed by atoms with Crippen LogP contribution in [0.2, 0.25) is 0 Å². The van der Waals surface area contributed by atoms with Crippen LogP contribution in [0.25, 0.3) is 10.6 Å². The smallest absolute Gasteiger partial charge is 0.316 e. The normalized spacial score (nSPS) is 25.6. The molecule has 3 aliphatic rings. The number of methoxy groups -OCH3 is 1. The standard InChI is InChI=1S/C24H21F2N5O5S/c1-30-24(6-5-12-9-23(12,24)22(35)36-2)27-20(34)17-19(33)18(32)14(10-31(17)30)21-29-28-16(37-21)7-11-3-4-13(25)8-15(11)26/h3-4,8,10,12,33H,5-7,9H2,1-2H3,(H,27,34)/t12-,23+,24?/m1/s1. The van der Waals surface area contributed by atoms with E-state index in [1.54, 1.807) is 12.1 Å². The summed E-state index contributed by atoms with van der Waals surface area (Å²) >= 11 is 1.01. The summed E-state index contributed by atoms with van der Waals surface area (Å²) in [6.45, 7) is 0. The van der Waals surface area contributed by atoms with Gasteiger partial charge in [-0.2, -0.15) is 0 Å². The van der Waals surface area contributed by atoms with Crippen LogP contribution in [0.1, 0.15) is 40.3 Å². The maximum absolute atomic E-state index is 14.1. The van der Waals surface area contributed by atoms with Crippen LogP contribution in [0.3, 0.4) is 0 Å². The zero-order valence-corrected chi connectivity index (χ0v) is 20.6. The maximum Gasteiger partial charge on any atom is 0.316 e. The molecule has 3 heterocycles. The summed E-state index contributed by atoms with van der Waals surface area (Å²) in [5, 5.41) is 23.9. The maximum atomic E-state index is 14.1. The van der Waals surface area contributed by atoms with Gasteiger partial charge in [0.05, 0.1) is 12.7 Å². The first-order valence-electron chi connectivity index (χ1n) is 11.5. The fraction of sp³-hybridized carbons (Fsp3) is 0.375. The zero-order valence-electron chi connectivity index (χ0n) is 19.7. The number of nitrogens with one attached hydrogen (secondary N) is 1. The summed E-state index contributed by atoms with van der Waals surface area (Å²) in [4.78, 5) is 39.1. The van der Waals surface area contributed by atoms with Crippen molar-refractivity contribution in [2.24, 2.45) is 11.3 Å². The van der Waals surface area contributed by atoms with Crippen LogP contribution in [-0.4, -0.2) is 51.7 Å².